The van der Waals surface area contributed by atoms with Crippen molar-refractivity contribution in [1.29, 1.82) is 0 Å². The molecule has 0 spiro atoms. The van der Waals surface area contributed by atoms with E-state index in [2.05, 4.69) is 17.0 Å². The average Bonchev–Trinajstić information content (AvgIpc) is 2.77. The Hall–Kier alpha value is -0.290. The molecule has 0 amide bonds. The molecule has 1 saturated carbocycles. The second-order valence-corrected chi connectivity index (χ2v) is 3.64. The Morgan fingerprint density at radius 2 is 2.14 bits per heavy atom. The first-order valence-corrected chi connectivity index (χ1v) is 4.97. The lowest BCUT2D eigenvalue weighted by atomic mass is 10.2. The van der Waals surface area contributed by atoms with E-state index in [0.717, 1.165) is 19.3 Å². The van der Waals surface area contributed by atoms with Gasteiger partial charge in [0.1, 0.15) is 0 Å². The zero-order valence-electron chi connectivity index (χ0n) is 8.23. The second kappa shape index (κ2) is 4.98. The summed E-state index contributed by atoms with van der Waals surface area (Å²) in [4.78, 5) is 0. The first-order valence-electron chi connectivity index (χ1n) is 4.97. The zero-order chi connectivity index (χ0) is 10.6. The molecule has 0 saturated heterocycles. The Labute approximate surface area is 81.8 Å². The van der Waals surface area contributed by atoms with Gasteiger partial charge in [-0.25, -0.2) is 0 Å². The van der Waals surface area contributed by atoms with Crippen LogP contribution in [0, 0.1) is 5.92 Å². The highest BCUT2D eigenvalue weighted by atomic mass is 19.4. The molecule has 0 aliphatic heterocycles. The third-order valence-electron chi connectivity index (χ3n) is 2.36. The standard InChI is InChI=1S/C9H16F3NO/c1-2-3-7-6-8(7)13-4-5-14-9(10,11)12/h7-8,13H,2-6H2,1H3. The molecule has 0 radical (unpaired) electrons. The van der Waals surface area contributed by atoms with Crippen LogP contribution in [-0.4, -0.2) is 25.6 Å². The van der Waals surface area contributed by atoms with Crippen molar-refractivity contribution in [2.45, 2.75) is 38.6 Å². The Morgan fingerprint density at radius 3 is 2.71 bits per heavy atom. The van der Waals surface area contributed by atoms with Crippen LogP contribution in [0.4, 0.5) is 13.2 Å². The molecule has 1 fully saturated rings. The minimum atomic E-state index is -4.49. The first-order chi connectivity index (χ1) is 6.53. The van der Waals surface area contributed by atoms with E-state index in [-0.39, 0.29) is 13.2 Å². The van der Waals surface area contributed by atoms with Crippen LogP contribution >= 0.6 is 0 Å². The minimum absolute atomic E-state index is 0.282. The molecule has 84 valence electrons. The summed E-state index contributed by atoms with van der Waals surface area (Å²) in [5.41, 5.74) is 0. The zero-order valence-corrected chi connectivity index (χ0v) is 8.23. The number of halogens is 3. The van der Waals surface area contributed by atoms with Crippen molar-refractivity contribution in [3.63, 3.8) is 0 Å². The van der Waals surface area contributed by atoms with Crippen molar-refractivity contribution < 1.29 is 17.9 Å². The third-order valence-corrected chi connectivity index (χ3v) is 2.36. The summed E-state index contributed by atoms with van der Waals surface area (Å²) < 4.78 is 38.3. The van der Waals surface area contributed by atoms with E-state index in [1.54, 1.807) is 0 Å². The van der Waals surface area contributed by atoms with Gasteiger partial charge in [-0.15, -0.1) is 13.2 Å². The van der Waals surface area contributed by atoms with Crippen molar-refractivity contribution in [3.05, 3.63) is 0 Å². The minimum Gasteiger partial charge on any atom is -0.311 e. The fraction of sp³-hybridized carbons (Fsp3) is 1.00. The smallest absolute Gasteiger partial charge is 0.311 e. The molecule has 2 atom stereocenters. The van der Waals surface area contributed by atoms with Crippen LogP contribution in [0.3, 0.4) is 0 Å². The molecule has 14 heavy (non-hydrogen) atoms. The predicted octanol–water partition coefficient (Wildman–Crippen LogP) is 2.30. The van der Waals surface area contributed by atoms with Crippen LogP contribution in [0.2, 0.25) is 0 Å². The van der Waals surface area contributed by atoms with Crippen LogP contribution < -0.4 is 5.32 Å². The lowest BCUT2D eigenvalue weighted by Gasteiger charge is -2.07. The average molecular weight is 211 g/mol. The molecule has 1 rings (SSSR count). The van der Waals surface area contributed by atoms with Gasteiger partial charge in [0.25, 0.3) is 0 Å². The van der Waals surface area contributed by atoms with E-state index < -0.39 is 6.36 Å². The van der Waals surface area contributed by atoms with E-state index in [1.807, 2.05) is 0 Å². The van der Waals surface area contributed by atoms with E-state index in [9.17, 15) is 13.2 Å². The summed E-state index contributed by atoms with van der Waals surface area (Å²) in [5.74, 6) is 0.672. The molecule has 5 heteroatoms. The molecule has 1 aliphatic carbocycles. The van der Waals surface area contributed by atoms with Crippen molar-refractivity contribution >= 4 is 0 Å². The molecule has 0 aromatic heterocycles. The van der Waals surface area contributed by atoms with Crippen molar-refractivity contribution in [2.24, 2.45) is 5.92 Å². The number of rotatable bonds is 6. The molecule has 1 aliphatic rings. The predicted molar refractivity (Wildman–Crippen MR) is 46.8 cm³/mol. The summed E-state index contributed by atoms with van der Waals surface area (Å²) >= 11 is 0. The van der Waals surface area contributed by atoms with Crippen LogP contribution in [0.5, 0.6) is 0 Å². The molecule has 0 aromatic rings. The summed E-state index contributed by atoms with van der Waals surface area (Å²) in [6.45, 7) is 2.10. The highest BCUT2D eigenvalue weighted by Gasteiger charge is 2.35. The van der Waals surface area contributed by atoms with Gasteiger partial charge in [-0.2, -0.15) is 0 Å². The van der Waals surface area contributed by atoms with Gasteiger partial charge < -0.3 is 5.32 Å². The van der Waals surface area contributed by atoms with E-state index >= 15 is 0 Å². The lowest BCUT2D eigenvalue weighted by molar-refractivity contribution is -0.323. The van der Waals surface area contributed by atoms with Crippen molar-refractivity contribution in [3.8, 4) is 0 Å². The van der Waals surface area contributed by atoms with Gasteiger partial charge >= 0.3 is 6.36 Å². The molecule has 0 heterocycles. The maximum atomic E-state index is 11.5. The van der Waals surface area contributed by atoms with Crippen LogP contribution in [0.25, 0.3) is 0 Å². The highest BCUT2D eigenvalue weighted by Crippen LogP contribution is 2.34. The van der Waals surface area contributed by atoms with Gasteiger partial charge in [0.05, 0.1) is 6.61 Å². The molecular formula is C9H16F3NO. The maximum absolute atomic E-state index is 11.5. The van der Waals surface area contributed by atoms with Gasteiger partial charge in [0, 0.05) is 12.6 Å². The Kier molecular flexibility index (Phi) is 4.19. The molecule has 2 nitrogen and oxygen atoms in total. The van der Waals surface area contributed by atoms with Crippen LogP contribution in [0.15, 0.2) is 0 Å². The molecule has 2 unspecified atom stereocenters. The monoisotopic (exact) mass is 211 g/mol. The summed E-state index contributed by atoms with van der Waals surface area (Å²) in [6.07, 6.45) is -1.09. The van der Waals surface area contributed by atoms with Gasteiger partial charge in [0.2, 0.25) is 0 Å². The summed E-state index contributed by atoms with van der Waals surface area (Å²) in [5, 5.41) is 3.04. The van der Waals surface area contributed by atoms with Crippen LogP contribution in [-0.2, 0) is 4.74 Å². The molecule has 0 aromatic carbocycles. The van der Waals surface area contributed by atoms with Gasteiger partial charge in [-0.3, -0.25) is 4.74 Å². The number of ether oxygens (including phenoxy) is 1. The molecule has 1 N–H and O–H groups in total. The normalized spacial score (nSPS) is 26.6. The number of hydrogen-bond acceptors (Lipinski definition) is 2. The first kappa shape index (κ1) is 11.8. The quantitative estimate of drug-likeness (QED) is 0.681. The molecule has 0 bridgehead atoms. The van der Waals surface area contributed by atoms with Gasteiger partial charge in [0.15, 0.2) is 0 Å². The van der Waals surface area contributed by atoms with Gasteiger partial charge in [-0.05, 0) is 18.8 Å². The Balaban J connectivity index is 1.91. The topological polar surface area (TPSA) is 21.3 Å². The summed E-state index contributed by atoms with van der Waals surface area (Å²) in [6, 6.07) is 0.423. The van der Waals surface area contributed by atoms with E-state index in [1.165, 1.54) is 0 Å². The van der Waals surface area contributed by atoms with Gasteiger partial charge in [-0.1, -0.05) is 13.3 Å². The Morgan fingerprint density at radius 1 is 1.43 bits per heavy atom. The lowest BCUT2D eigenvalue weighted by Crippen LogP contribution is -2.26. The van der Waals surface area contributed by atoms with Crippen molar-refractivity contribution in [1.82, 2.24) is 5.32 Å². The maximum Gasteiger partial charge on any atom is 0.522 e. The van der Waals surface area contributed by atoms with Crippen LogP contribution in [0.1, 0.15) is 26.2 Å². The largest absolute Gasteiger partial charge is 0.522 e. The fourth-order valence-electron chi connectivity index (χ4n) is 1.60. The third kappa shape index (κ3) is 4.81. The van der Waals surface area contributed by atoms with E-state index in [4.69, 9.17) is 0 Å². The fourth-order valence-corrected chi connectivity index (χ4v) is 1.60. The molecular weight excluding hydrogens is 195 g/mol. The van der Waals surface area contributed by atoms with Crippen molar-refractivity contribution in [2.75, 3.05) is 13.2 Å². The number of alkyl halides is 3. The highest BCUT2D eigenvalue weighted by molar-refractivity contribution is 4.92. The number of nitrogens with one attached hydrogen (secondary N) is 1. The summed E-state index contributed by atoms with van der Waals surface area (Å²) in [7, 11) is 0. The van der Waals surface area contributed by atoms with E-state index in [0.29, 0.717) is 12.0 Å². The SMILES string of the molecule is CCCC1CC1NCCOC(F)(F)F. The number of hydrogen-bond donors (Lipinski definition) is 1. The Bertz CT molecular complexity index is 172. The second-order valence-electron chi connectivity index (χ2n) is 3.64.